The van der Waals surface area contributed by atoms with Crippen LogP contribution in [0.2, 0.25) is 0 Å². The molecule has 1 aromatic heterocycles. The van der Waals surface area contributed by atoms with Gasteiger partial charge in [0.2, 0.25) is 0 Å². The SMILES string of the molecule is C1=CN(c2cccc(Oc3cccc(-c4cc(-c5cccc(Oc6ccccc6)c5)ccn4)c3)c2)CN1Cc1ccccc1. The molecule has 0 spiro atoms. The smallest absolute Gasteiger partial charge is 0.129 e. The van der Waals surface area contributed by atoms with Gasteiger partial charge in [0.15, 0.2) is 0 Å². The number of pyridine rings is 1. The van der Waals surface area contributed by atoms with Gasteiger partial charge < -0.3 is 19.3 Å². The van der Waals surface area contributed by atoms with Gasteiger partial charge in [-0.15, -0.1) is 0 Å². The van der Waals surface area contributed by atoms with Crippen molar-refractivity contribution in [1.82, 2.24) is 9.88 Å². The number of para-hydroxylation sites is 1. The van der Waals surface area contributed by atoms with Crippen LogP contribution in [0.25, 0.3) is 22.4 Å². The molecule has 5 aromatic carbocycles. The first-order chi connectivity index (χ1) is 21.7. The third-order valence-corrected chi connectivity index (χ3v) is 7.44. The van der Waals surface area contributed by atoms with E-state index in [2.05, 4.69) is 87.8 Å². The minimum absolute atomic E-state index is 0.757. The fourth-order valence-electron chi connectivity index (χ4n) is 5.27. The third kappa shape index (κ3) is 6.48. The van der Waals surface area contributed by atoms with Crippen molar-refractivity contribution in [3.05, 3.63) is 170 Å². The summed E-state index contributed by atoms with van der Waals surface area (Å²) in [5.41, 5.74) is 6.35. The molecular weight excluding hydrogens is 542 g/mol. The van der Waals surface area contributed by atoms with E-state index in [9.17, 15) is 0 Å². The first-order valence-electron chi connectivity index (χ1n) is 14.7. The van der Waals surface area contributed by atoms with Crippen LogP contribution in [0.4, 0.5) is 5.69 Å². The lowest BCUT2D eigenvalue weighted by Gasteiger charge is -2.22. The Labute approximate surface area is 257 Å². The second kappa shape index (κ2) is 12.6. The summed E-state index contributed by atoms with van der Waals surface area (Å²) in [7, 11) is 0. The molecule has 214 valence electrons. The van der Waals surface area contributed by atoms with E-state index in [1.807, 2.05) is 91.1 Å². The lowest BCUT2D eigenvalue weighted by molar-refractivity contribution is 0.400. The Bertz CT molecular complexity index is 1890. The lowest BCUT2D eigenvalue weighted by Crippen LogP contribution is -2.24. The van der Waals surface area contributed by atoms with E-state index in [0.717, 1.165) is 64.3 Å². The van der Waals surface area contributed by atoms with E-state index in [1.54, 1.807) is 0 Å². The van der Waals surface area contributed by atoms with Crippen LogP contribution >= 0.6 is 0 Å². The molecule has 0 amide bonds. The zero-order valence-corrected chi connectivity index (χ0v) is 24.2. The number of rotatable bonds is 9. The number of hydrogen-bond donors (Lipinski definition) is 0. The molecule has 0 saturated carbocycles. The zero-order chi connectivity index (χ0) is 29.6. The van der Waals surface area contributed by atoms with Crippen LogP contribution in [-0.2, 0) is 6.54 Å². The van der Waals surface area contributed by atoms with E-state index in [1.165, 1.54) is 5.56 Å². The Morgan fingerprint density at radius 3 is 1.93 bits per heavy atom. The number of benzene rings is 5. The van der Waals surface area contributed by atoms with Gasteiger partial charge in [-0.1, -0.05) is 78.9 Å². The van der Waals surface area contributed by atoms with Crippen molar-refractivity contribution in [2.45, 2.75) is 6.54 Å². The van der Waals surface area contributed by atoms with Crippen LogP contribution in [0.5, 0.6) is 23.0 Å². The lowest BCUT2D eigenvalue weighted by atomic mass is 10.0. The minimum Gasteiger partial charge on any atom is -0.457 e. The molecule has 0 N–H and O–H groups in total. The van der Waals surface area contributed by atoms with Gasteiger partial charge in [0.25, 0.3) is 0 Å². The fraction of sp³-hybridized carbons (Fsp3) is 0.0513. The summed E-state index contributed by atoms with van der Waals surface area (Å²) in [4.78, 5) is 9.19. The minimum atomic E-state index is 0.757. The van der Waals surface area contributed by atoms with E-state index in [0.29, 0.717) is 0 Å². The molecule has 1 aliphatic heterocycles. The van der Waals surface area contributed by atoms with Crippen molar-refractivity contribution in [2.75, 3.05) is 11.6 Å². The number of anilines is 1. The molecule has 44 heavy (non-hydrogen) atoms. The van der Waals surface area contributed by atoms with E-state index in [4.69, 9.17) is 9.47 Å². The predicted octanol–water partition coefficient (Wildman–Crippen LogP) is 9.75. The van der Waals surface area contributed by atoms with Crippen LogP contribution in [0.1, 0.15) is 5.56 Å². The maximum Gasteiger partial charge on any atom is 0.129 e. The summed E-state index contributed by atoms with van der Waals surface area (Å²) in [6.45, 7) is 1.66. The molecule has 0 unspecified atom stereocenters. The zero-order valence-electron chi connectivity index (χ0n) is 24.2. The Morgan fingerprint density at radius 1 is 0.523 bits per heavy atom. The Kier molecular flexibility index (Phi) is 7.74. The fourth-order valence-corrected chi connectivity index (χ4v) is 5.27. The molecule has 0 fully saturated rings. The van der Waals surface area contributed by atoms with Gasteiger partial charge in [0.1, 0.15) is 23.0 Å². The van der Waals surface area contributed by atoms with Gasteiger partial charge >= 0.3 is 0 Å². The summed E-state index contributed by atoms with van der Waals surface area (Å²) in [6, 6.07) is 48.8. The highest BCUT2D eigenvalue weighted by Gasteiger charge is 2.15. The van der Waals surface area contributed by atoms with Gasteiger partial charge in [-0.3, -0.25) is 4.98 Å². The highest BCUT2D eigenvalue weighted by Crippen LogP contribution is 2.32. The van der Waals surface area contributed by atoms with Crippen molar-refractivity contribution in [3.63, 3.8) is 0 Å². The van der Waals surface area contributed by atoms with Crippen molar-refractivity contribution in [2.24, 2.45) is 0 Å². The summed E-state index contributed by atoms with van der Waals surface area (Å²) in [5, 5.41) is 0. The van der Waals surface area contributed by atoms with Crippen molar-refractivity contribution in [3.8, 4) is 45.4 Å². The van der Waals surface area contributed by atoms with Crippen LogP contribution in [0, 0.1) is 0 Å². The van der Waals surface area contributed by atoms with Crippen molar-refractivity contribution in [1.29, 1.82) is 0 Å². The van der Waals surface area contributed by atoms with Crippen molar-refractivity contribution < 1.29 is 9.47 Å². The van der Waals surface area contributed by atoms with E-state index in [-0.39, 0.29) is 0 Å². The molecule has 1 aliphatic rings. The maximum absolute atomic E-state index is 6.34. The molecule has 0 bridgehead atoms. The summed E-state index contributed by atoms with van der Waals surface area (Å²) < 4.78 is 12.4. The van der Waals surface area contributed by atoms with Crippen LogP contribution in [0.15, 0.2) is 164 Å². The van der Waals surface area contributed by atoms with Gasteiger partial charge in [0.05, 0.1) is 12.4 Å². The first-order valence-corrected chi connectivity index (χ1v) is 14.7. The molecule has 6 aromatic rings. The largest absolute Gasteiger partial charge is 0.457 e. The number of ether oxygens (including phenoxy) is 2. The monoisotopic (exact) mass is 573 g/mol. The summed E-state index contributed by atoms with van der Waals surface area (Å²) >= 11 is 0. The average Bonchev–Trinajstić information content (AvgIpc) is 3.55. The number of aromatic nitrogens is 1. The average molecular weight is 574 g/mol. The molecule has 0 radical (unpaired) electrons. The molecule has 5 nitrogen and oxygen atoms in total. The van der Waals surface area contributed by atoms with Crippen molar-refractivity contribution >= 4 is 5.69 Å². The molecule has 0 atom stereocenters. The number of hydrogen-bond acceptors (Lipinski definition) is 5. The molecular formula is C39H31N3O2. The normalized spacial score (nSPS) is 12.4. The third-order valence-electron chi connectivity index (χ3n) is 7.44. The summed E-state index contributed by atoms with van der Waals surface area (Å²) in [6.07, 6.45) is 6.10. The quantitative estimate of drug-likeness (QED) is 0.172. The second-order valence-electron chi connectivity index (χ2n) is 10.6. The molecule has 0 saturated heterocycles. The Balaban J connectivity index is 1.05. The topological polar surface area (TPSA) is 37.8 Å². The maximum atomic E-state index is 6.34. The van der Waals surface area contributed by atoms with Gasteiger partial charge in [-0.2, -0.15) is 0 Å². The Hall–Kier alpha value is -5.81. The molecule has 7 rings (SSSR count). The molecule has 2 heterocycles. The van der Waals surface area contributed by atoms with Crippen LogP contribution < -0.4 is 14.4 Å². The van der Waals surface area contributed by atoms with E-state index < -0.39 is 0 Å². The molecule has 0 aliphatic carbocycles. The van der Waals surface area contributed by atoms with E-state index >= 15 is 0 Å². The summed E-state index contributed by atoms with van der Waals surface area (Å²) in [5.74, 6) is 3.14. The van der Waals surface area contributed by atoms with Crippen LogP contribution in [0.3, 0.4) is 0 Å². The van der Waals surface area contributed by atoms with Gasteiger partial charge in [-0.25, -0.2) is 0 Å². The highest BCUT2D eigenvalue weighted by molar-refractivity contribution is 5.72. The Morgan fingerprint density at radius 2 is 1.14 bits per heavy atom. The van der Waals surface area contributed by atoms with Gasteiger partial charge in [-0.05, 0) is 77.4 Å². The van der Waals surface area contributed by atoms with Gasteiger partial charge in [0, 0.05) is 42.5 Å². The van der Waals surface area contributed by atoms with Crippen LogP contribution in [-0.4, -0.2) is 16.6 Å². The predicted molar refractivity (Wildman–Crippen MR) is 177 cm³/mol. The second-order valence-corrected chi connectivity index (χ2v) is 10.6. The number of nitrogens with zero attached hydrogens (tertiary/aromatic N) is 3. The first kappa shape index (κ1) is 27.0. The highest BCUT2D eigenvalue weighted by atomic mass is 16.5. The standard InChI is InChI=1S/C39H31N3O2/c1-3-10-30(11-4-1)28-41-22-23-42(29-41)34-14-9-19-38(27-34)44-37-18-8-13-33(25-37)39-26-32(20-21-40-39)31-12-7-17-36(24-31)43-35-15-5-2-6-16-35/h1-27H,28-29H2. The molecule has 5 heteroatoms.